The van der Waals surface area contributed by atoms with E-state index >= 15 is 0 Å². The highest BCUT2D eigenvalue weighted by Gasteiger charge is 2.25. The van der Waals surface area contributed by atoms with Crippen LogP contribution in [0.1, 0.15) is 39.4 Å². The topological polar surface area (TPSA) is 72.3 Å². The number of ether oxygens (including phenoxy) is 1. The molecule has 28 heavy (non-hydrogen) atoms. The lowest BCUT2D eigenvalue weighted by Crippen LogP contribution is -2.46. The molecular formula is C19H25F2N5O2. The van der Waals surface area contributed by atoms with Gasteiger partial charge in [0.25, 0.3) is 0 Å². The van der Waals surface area contributed by atoms with Gasteiger partial charge in [-0.05, 0) is 32.9 Å². The van der Waals surface area contributed by atoms with Gasteiger partial charge in [0.2, 0.25) is 0 Å². The van der Waals surface area contributed by atoms with Crippen molar-refractivity contribution in [3.63, 3.8) is 0 Å². The average molecular weight is 393 g/mol. The Balaban J connectivity index is 1.48. The van der Waals surface area contributed by atoms with E-state index in [4.69, 9.17) is 4.74 Å². The van der Waals surface area contributed by atoms with Gasteiger partial charge in [-0.2, -0.15) is 5.10 Å². The highest BCUT2D eigenvalue weighted by atomic mass is 19.1. The predicted molar refractivity (Wildman–Crippen MR) is 98.8 cm³/mol. The molecule has 1 saturated heterocycles. The Kier molecular flexibility index (Phi) is 5.81. The van der Waals surface area contributed by atoms with Crippen LogP contribution in [0.2, 0.25) is 0 Å². The maximum Gasteiger partial charge on any atom is 0.317 e. The lowest BCUT2D eigenvalue weighted by molar-refractivity contribution is 0.107. The number of amides is 2. The number of rotatable bonds is 4. The summed E-state index contributed by atoms with van der Waals surface area (Å²) >= 11 is 0. The van der Waals surface area contributed by atoms with Crippen molar-refractivity contribution in [3.8, 4) is 5.75 Å². The summed E-state index contributed by atoms with van der Waals surface area (Å²) in [5.41, 5.74) is -0.220. The summed E-state index contributed by atoms with van der Waals surface area (Å²) in [4.78, 5) is 18.3. The molecule has 3 rings (SSSR count). The molecule has 7 nitrogen and oxygen atoms in total. The Labute approximate surface area is 162 Å². The number of hydrogen-bond acceptors (Lipinski definition) is 4. The minimum atomic E-state index is -0.719. The first kappa shape index (κ1) is 20.0. The Hall–Kier alpha value is -2.71. The summed E-state index contributed by atoms with van der Waals surface area (Å²) < 4.78 is 34.1. The first-order valence-electron chi connectivity index (χ1n) is 9.28. The molecule has 0 unspecified atom stereocenters. The van der Waals surface area contributed by atoms with Gasteiger partial charge in [-0.1, -0.05) is 0 Å². The van der Waals surface area contributed by atoms with E-state index in [1.54, 1.807) is 9.58 Å². The number of nitrogens with one attached hydrogen (secondary N) is 1. The number of piperidine rings is 1. The molecule has 2 amide bonds. The van der Waals surface area contributed by atoms with Gasteiger partial charge < -0.3 is 15.0 Å². The number of carbonyl (C=O) groups is 1. The lowest BCUT2D eigenvalue weighted by atomic mass is 10.1. The monoisotopic (exact) mass is 393 g/mol. The molecule has 0 saturated carbocycles. The summed E-state index contributed by atoms with van der Waals surface area (Å²) in [7, 11) is 0. The number of aromatic nitrogens is 3. The van der Waals surface area contributed by atoms with Crippen LogP contribution in [0.4, 0.5) is 13.6 Å². The van der Waals surface area contributed by atoms with Crippen molar-refractivity contribution < 1.29 is 18.3 Å². The van der Waals surface area contributed by atoms with E-state index in [0.29, 0.717) is 31.8 Å². The second-order valence-electron chi connectivity index (χ2n) is 7.80. The van der Waals surface area contributed by atoms with E-state index in [1.165, 1.54) is 12.4 Å². The molecule has 1 aromatic carbocycles. The minimum absolute atomic E-state index is 0.0332. The van der Waals surface area contributed by atoms with Gasteiger partial charge in [-0.3, -0.25) is 0 Å². The van der Waals surface area contributed by atoms with Crippen LogP contribution in [-0.2, 0) is 12.1 Å². The van der Waals surface area contributed by atoms with Crippen LogP contribution in [0.5, 0.6) is 5.75 Å². The smallest absolute Gasteiger partial charge is 0.317 e. The number of likely N-dealkylation sites (tertiary alicyclic amines) is 1. The van der Waals surface area contributed by atoms with E-state index in [0.717, 1.165) is 12.1 Å². The van der Waals surface area contributed by atoms with Crippen molar-refractivity contribution in [3.05, 3.63) is 42.0 Å². The largest absolute Gasteiger partial charge is 0.487 e. The maximum absolute atomic E-state index is 13.7. The number of halogens is 2. The molecule has 0 aliphatic carbocycles. The standard InChI is InChI=1S/C19H25F2N5O2/c1-19(2,3)26-17(23-12-24-26)11-22-18(27)25-8-6-14(7-9-25)28-16-5-4-13(20)10-15(16)21/h4-5,10,12,14H,6-9,11H2,1-3H3,(H,22,27). The van der Waals surface area contributed by atoms with Gasteiger partial charge in [0, 0.05) is 32.0 Å². The van der Waals surface area contributed by atoms with Gasteiger partial charge in [0.05, 0.1) is 12.1 Å². The Bertz CT molecular complexity index is 826. The van der Waals surface area contributed by atoms with Gasteiger partial charge in [0.15, 0.2) is 11.6 Å². The molecule has 9 heteroatoms. The molecule has 0 bridgehead atoms. The number of hydrogen-bond donors (Lipinski definition) is 1. The number of urea groups is 1. The molecule has 152 valence electrons. The van der Waals surface area contributed by atoms with Crippen LogP contribution in [0.3, 0.4) is 0 Å². The molecule has 2 heterocycles. The lowest BCUT2D eigenvalue weighted by Gasteiger charge is -2.32. The molecule has 1 fully saturated rings. The summed E-state index contributed by atoms with van der Waals surface area (Å²) in [6.45, 7) is 7.31. The molecule has 0 radical (unpaired) electrons. The van der Waals surface area contributed by atoms with Crippen LogP contribution >= 0.6 is 0 Å². The van der Waals surface area contributed by atoms with Crippen molar-refractivity contribution in [2.45, 2.75) is 51.8 Å². The normalized spacial score (nSPS) is 15.5. The third-order valence-corrected chi connectivity index (χ3v) is 4.57. The predicted octanol–water partition coefficient (Wildman–Crippen LogP) is 3.06. The van der Waals surface area contributed by atoms with E-state index in [2.05, 4.69) is 15.4 Å². The first-order valence-corrected chi connectivity index (χ1v) is 9.28. The van der Waals surface area contributed by atoms with Crippen molar-refractivity contribution in [2.24, 2.45) is 0 Å². The van der Waals surface area contributed by atoms with Gasteiger partial charge in [-0.15, -0.1) is 0 Å². The molecule has 1 N–H and O–H groups in total. The Morgan fingerprint density at radius 3 is 2.64 bits per heavy atom. The SMILES string of the molecule is CC(C)(C)n1ncnc1CNC(=O)N1CCC(Oc2ccc(F)cc2F)CC1. The number of carbonyl (C=O) groups excluding carboxylic acids is 1. The Morgan fingerprint density at radius 1 is 1.29 bits per heavy atom. The highest BCUT2D eigenvalue weighted by molar-refractivity contribution is 5.74. The third kappa shape index (κ3) is 4.76. The molecular weight excluding hydrogens is 368 g/mol. The van der Waals surface area contributed by atoms with Crippen LogP contribution < -0.4 is 10.1 Å². The Morgan fingerprint density at radius 2 is 2.00 bits per heavy atom. The molecule has 0 spiro atoms. The average Bonchev–Trinajstić information content (AvgIpc) is 3.12. The molecule has 1 aliphatic rings. The molecule has 1 aromatic heterocycles. The van der Waals surface area contributed by atoms with E-state index < -0.39 is 11.6 Å². The van der Waals surface area contributed by atoms with Gasteiger partial charge in [0.1, 0.15) is 24.1 Å². The van der Waals surface area contributed by atoms with E-state index in [1.807, 2.05) is 20.8 Å². The quantitative estimate of drug-likeness (QED) is 0.867. The highest BCUT2D eigenvalue weighted by Crippen LogP contribution is 2.23. The zero-order chi connectivity index (χ0) is 20.3. The molecule has 1 aliphatic heterocycles. The van der Waals surface area contributed by atoms with Crippen LogP contribution in [0, 0.1) is 11.6 Å². The first-order chi connectivity index (χ1) is 13.2. The second kappa shape index (κ2) is 8.12. The summed E-state index contributed by atoms with van der Waals surface area (Å²) in [6.07, 6.45) is 2.41. The van der Waals surface area contributed by atoms with Crippen molar-refractivity contribution >= 4 is 6.03 Å². The summed E-state index contributed by atoms with van der Waals surface area (Å²) in [5, 5.41) is 7.08. The fourth-order valence-corrected chi connectivity index (χ4v) is 3.14. The van der Waals surface area contributed by atoms with Crippen LogP contribution in [-0.4, -0.2) is 44.9 Å². The molecule has 2 aromatic rings. The molecule has 0 atom stereocenters. The number of nitrogens with zero attached hydrogens (tertiary/aromatic N) is 4. The van der Waals surface area contributed by atoms with Gasteiger partial charge in [-0.25, -0.2) is 23.2 Å². The summed E-state index contributed by atoms with van der Waals surface area (Å²) in [6, 6.07) is 3.07. The maximum atomic E-state index is 13.7. The zero-order valence-electron chi connectivity index (χ0n) is 16.3. The van der Waals surface area contributed by atoms with Crippen LogP contribution in [0.15, 0.2) is 24.5 Å². The third-order valence-electron chi connectivity index (χ3n) is 4.57. The zero-order valence-corrected chi connectivity index (χ0v) is 16.3. The van der Waals surface area contributed by atoms with E-state index in [-0.39, 0.29) is 30.0 Å². The van der Waals surface area contributed by atoms with E-state index in [9.17, 15) is 13.6 Å². The second-order valence-corrected chi connectivity index (χ2v) is 7.80. The van der Waals surface area contributed by atoms with Crippen molar-refractivity contribution in [1.29, 1.82) is 0 Å². The number of benzene rings is 1. The van der Waals surface area contributed by atoms with Crippen molar-refractivity contribution in [1.82, 2.24) is 25.0 Å². The minimum Gasteiger partial charge on any atom is -0.487 e. The van der Waals surface area contributed by atoms with Gasteiger partial charge >= 0.3 is 6.03 Å². The summed E-state index contributed by atoms with van der Waals surface area (Å²) in [5.74, 6) is -0.640. The van der Waals surface area contributed by atoms with Crippen LogP contribution in [0.25, 0.3) is 0 Å². The fraction of sp³-hybridized carbons (Fsp3) is 0.526. The van der Waals surface area contributed by atoms with Crippen molar-refractivity contribution in [2.75, 3.05) is 13.1 Å². The fourth-order valence-electron chi connectivity index (χ4n) is 3.14.